The minimum atomic E-state index is 0.0333. The molecule has 0 saturated carbocycles. The summed E-state index contributed by atoms with van der Waals surface area (Å²) in [4.78, 5) is 10.7. The van der Waals surface area contributed by atoms with Crippen LogP contribution in [0, 0.1) is 0 Å². The Labute approximate surface area is 151 Å². The molecule has 0 spiro atoms. The largest absolute Gasteiger partial charge is 0.378 e. The molecule has 1 fully saturated rings. The van der Waals surface area contributed by atoms with Crippen molar-refractivity contribution < 1.29 is 9.26 Å². The Balaban J connectivity index is 1.59. The number of nitrogens with two attached hydrogens (primary N) is 1. The average Bonchev–Trinajstić information content (AvgIpc) is 3.16. The van der Waals surface area contributed by atoms with Crippen molar-refractivity contribution in [3.63, 3.8) is 0 Å². The van der Waals surface area contributed by atoms with Crippen molar-refractivity contribution in [1.29, 1.82) is 0 Å². The van der Waals surface area contributed by atoms with Crippen LogP contribution in [0.25, 0.3) is 10.8 Å². The third-order valence-electron chi connectivity index (χ3n) is 4.68. The number of fused-ring (bicyclic) bond motifs is 1. The molecule has 1 unspecified atom stereocenters. The van der Waals surface area contributed by atoms with Crippen molar-refractivity contribution in [1.82, 2.24) is 15.0 Å². The van der Waals surface area contributed by atoms with Crippen molar-refractivity contribution in [2.24, 2.45) is 10.7 Å². The molecule has 7 nitrogen and oxygen atoms in total. The average molecular weight is 351 g/mol. The van der Waals surface area contributed by atoms with Crippen molar-refractivity contribution in [3.05, 3.63) is 54.0 Å². The number of pyridine rings is 1. The lowest BCUT2D eigenvalue weighted by Crippen LogP contribution is -2.44. The van der Waals surface area contributed by atoms with Crippen LogP contribution in [-0.4, -0.2) is 47.3 Å². The second kappa shape index (κ2) is 7.13. The van der Waals surface area contributed by atoms with Crippen LogP contribution in [-0.2, 0) is 4.74 Å². The molecule has 0 aliphatic carbocycles. The van der Waals surface area contributed by atoms with Crippen molar-refractivity contribution in [2.75, 3.05) is 26.3 Å². The molecule has 1 aliphatic heterocycles. The number of aliphatic imine (C=N–C) groups is 1. The predicted molar refractivity (Wildman–Crippen MR) is 99.4 cm³/mol. The smallest absolute Gasteiger partial charge is 0.253 e. The fourth-order valence-corrected chi connectivity index (χ4v) is 3.16. The van der Waals surface area contributed by atoms with E-state index in [-0.39, 0.29) is 5.92 Å². The number of hydrogen-bond donors (Lipinski definition) is 1. The Hall–Kier alpha value is -2.93. The van der Waals surface area contributed by atoms with Gasteiger partial charge in [-0.2, -0.15) is 4.99 Å². The quantitative estimate of drug-likeness (QED) is 0.576. The van der Waals surface area contributed by atoms with Crippen LogP contribution in [0.4, 0.5) is 5.88 Å². The van der Waals surface area contributed by atoms with E-state index in [1.165, 1.54) is 0 Å². The second-order valence-electron chi connectivity index (χ2n) is 6.33. The first-order chi connectivity index (χ1) is 12.7. The summed E-state index contributed by atoms with van der Waals surface area (Å²) in [6, 6.07) is 10.0. The van der Waals surface area contributed by atoms with Gasteiger partial charge >= 0.3 is 0 Å². The number of nitrogens with zero attached hydrogens (tertiary/aromatic N) is 4. The highest BCUT2D eigenvalue weighted by atomic mass is 16.5. The van der Waals surface area contributed by atoms with Gasteiger partial charge in [0.2, 0.25) is 0 Å². The summed E-state index contributed by atoms with van der Waals surface area (Å²) in [6.07, 6.45) is 3.75. The summed E-state index contributed by atoms with van der Waals surface area (Å²) in [5.74, 6) is 0.866. The van der Waals surface area contributed by atoms with Crippen molar-refractivity contribution >= 4 is 22.6 Å². The summed E-state index contributed by atoms with van der Waals surface area (Å²) in [7, 11) is 0. The Morgan fingerprint density at radius 1 is 1.23 bits per heavy atom. The number of guanidine groups is 1. The van der Waals surface area contributed by atoms with Crippen LogP contribution < -0.4 is 5.73 Å². The maximum absolute atomic E-state index is 6.07. The summed E-state index contributed by atoms with van der Waals surface area (Å²) in [5, 5.41) is 6.46. The number of morpholine rings is 1. The van der Waals surface area contributed by atoms with Crippen molar-refractivity contribution in [2.45, 2.75) is 12.8 Å². The lowest BCUT2D eigenvalue weighted by atomic mass is 9.95. The van der Waals surface area contributed by atoms with E-state index in [1.807, 2.05) is 35.5 Å². The first-order valence-corrected chi connectivity index (χ1v) is 8.68. The molecule has 2 N–H and O–H groups in total. The van der Waals surface area contributed by atoms with E-state index in [0.29, 0.717) is 25.1 Å². The van der Waals surface area contributed by atoms with E-state index in [1.54, 1.807) is 0 Å². The fourth-order valence-electron chi connectivity index (χ4n) is 3.16. The van der Waals surface area contributed by atoms with Crippen molar-refractivity contribution in [3.8, 4) is 0 Å². The summed E-state index contributed by atoms with van der Waals surface area (Å²) < 4.78 is 10.7. The number of rotatable bonds is 3. The molecule has 134 valence electrons. The molecule has 1 saturated heterocycles. The molecule has 2 aromatic heterocycles. The van der Waals surface area contributed by atoms with Crippen LogP contribution in [0.1, 0.15) is 24.1 Å². The van der Waals surface area contributed by atoms with E-state index in [2.05, 4.69) is 34.2 Å². The number of aromatic nitrogens is 2. The van der Waals surface area contributed by atoms with Crippen LogP contribution >= 0.6 is 0 Å². The lowest BCUT2D eigenvalue weighted by molar-refractivity contribution is 0.0675. The minimum Gasteiger partial charge on any atom is -0.378 e. The highest BCUT2D eigenvalue weighted by Gasteiger charge is 2.18. The number of benzene rings is 1. The van der Waals surface area contributed by atoms with Gasteiger partial charge in [0, 0.05) is 42.9 Å². The predicted octanol–water partition coefficient (Wildman–Crippen LogP) is 2.65. The summed E-state index contributed by atoms with van der Waals surface area (Å²) in [6.45, 7) is 4.86. The van der Waals surface area contributed by atoms with Gasteiger partial charge in [-0.3, -0.25) is 4.98 Å². The maximum atomic E-state index is 6.07. The molecule has 1 aromatic carbocycles. The van der Waals surface area contributed by atoms with Crippen LogP contribution in [0.5, 0.6) is 0 Å². The highest BCUT2D eigenvalue weighted by Crippen LogP contribution is 2.30. The van der Waals surface area contributed by atoms with Gasteiger partial charge in [-0.15, -0.1) is 0 Å². The van der Waals surface area contributed by atoms with Gasteiger partial charge in [-0.1, -0.05) is 36.3 Å². The molecule has 0 amide bonds. The third kappa shape index (κ3) is 3.25. The first kappa shape index (κ1) is 16.5. The van der Waals surface area contributed by atoms with Crippen LogP contribution in [0.15, 0.2) is 52.2 Å². The molecule has 7 heteroatoms. The lowest BCUT2D eigenvalue weighted by Gasteiger charge is -2.27. The SMILES string of the molecule is CC(c1cc(N=C(N)N2CCOCC2)on1)c1cncc2ccccc12. The standard InChI is InChI=1S/C19H21N5O2/c1-13(16-12-21-11-14-4-2-3-5-15(14)16)17-10-18(26-23-17)22-19(20)24-6-8-25-9-7-24/h2-5,10-13H,6-9H2,1H3,(H2,20,22). The van der Waals surface area contributed by atoms with Gasteiger partial charge in [0.05, 0.1) is 18.9 Å². The van der Waals surface area contributed by atoms with E-state index in [0.717, 1.165) is 35.1 Å². The summed E-state index contributed by atoms with van der Waals surface area (Å²) >= 11 is 0. The fraction of sp³-hybridized carbons (Fsp3) is 0.316. The molecule has 0 bridgehead atoms. The molecular weight excluding hydrogens is 330 g/mol. The molecule has 1 aliphatic rings. The number of hydrogen-bond acceptors (Lipinski definition) is 5. The van der Waals surface area contributed by atoms with Gasteiger partial charge in [-0.05, 0) is 10.9 Å². The topological polar surface area (TPSA) is 89.8 Å². The molecule has 4 rings (SSSR count). The summed E-state index contributed by atoms with van der Waals surface area (Å²) in [5.41, 5.74) is 7.98. The highest BCUT2D eigenvalue weighted by molar-refractivity contribution is 5.85. The zero-order valence-electron chi connectivity index (χ0n) is 14.6. The van der Waals surface area contributed by atoms with E-state index >= 15 is 0 Å². The zero-order valence-corrected chi connectivity index (χ0v) is 14.6. The Morgan fingerprint density at radius 3 is 2.88 bits per heavy atom. The molecule has 1 atom stereocenters. The molecule has 26 heavy (non-hydrogen) atoms. The second-order valence-corrected chi connectivity index (χ2v) is 6.33. The van der Waals surface area contributed by atoms with Gasteiger partial charge < -0.3 is 19.9 Å². The zero-order chi connectivity index (χ0) is 17.9. The van der Waals surface area contributed by atoms with Crippen LogP contribution in [0.3, 0.4) is 0 Å². The van der Waals surface area contributed by atoms with E-state index in [9.17, 15) is 0 Å². The molecular formula is C19H21N5O2. The molecule has 3 heterocycles. The first-order valence-electron chi connectivity index (χ1n) is 8.68. The molecule has 3 aromatic rings. The van der Waals surface area contributed by atoms with Gasteiger partial charge in [0.15, 0.2) is 5.96 Å². The van der Waals surface area contributed by atoms with E-state index in [4.69, 9.17) is 15.0 Å². The Kier molecular flexibility index (Phi) is 4.53. The van der Waals surface area contributed by atoms with Gasteiger partial charge in [0.1, 0.15) is 0 Å². The Bertz CT molecular complexity index is 925. The minimum absolute atomic E-state index is 0.0333. The molecule has 0 radical (unpaired) electrons. The third-order valence-corrected chi connectivity index (χ3v) is 4.68. The Morgan fingerprint density at radius 2 is 2.04 bits per heavy atom. The maximum Gasteiger partial charge on any atom is 0.253 e. The van der Waals surface area contributed by atoms with Gasteiger partial charge in [0.25, 0.3) is 5.88 Å². The van der Waals surface area contributed by atoms with Crippen LogP contribution in [0.2, 0.25) is 0 Å². The monoisotopic (exact) mass is 351 g/mol. The normalized spacial score (nSPS) is 16.8. The number of ether oxygens (including phenoxy) is 1. The van der Waals surface area contributed by atoms with E-state index < -0.39 is 0 Å². The van der Waals surface area contributed by atoms with Gasteiger partial charge in [-0.25, -0.2) is 0 Å².